The number of aromatic nitrogens is 1. The van der Waals surface area contributed by atoms with Crippen LogP contribution in [0.2, 0.25) is 5.02 Å². The molecule has 0 bridgehead atoms. The second-order valence-electron chi connectivity index (χ2n) is 4.45. The Labute approximate surface area is 151 Å². The van der Waals surface area contributed by atoms with Crippen LogP contribution in [0.25, 0.3) is 10.2 Å². The molecule has 0 spiro atoms. The van der Waals surface area contributed by atoms with Crippen LogP contribution >= 0.6 is 61.5 Å². The monoisotopic (exact) mass is 495 g/mol. The van der Waals surface area contributed by atoms with Gasteiger partial charge in [0.05, 0.1) is 17.6 Å². The lowest BCUT2D eigenvalue weighted by Crippen LogP contribution is -2.10. The van der Waals surface area contributed by atoms with Crippen LogP contribution in [0.4, 0.5) is 0 Å². The lowest BCUT2D eigenvalue weighted by molar-refractivity contribution is 0.0685. The molecule has 3 aromatic rings. The van der Waals surface area contributed by atoms with Crippen LogP contribution in [0.5, 0.6) is 0 Å². The molecule has 2 aromatic heterocycles. The number of benzene rings is 1. The number of nitrogens with zero attached hydrogens (tertiary/aromatic N) is 1. The number of carbonyl (C=O) groups is 1. The SMILES string of the molecule is O=C(O)c1c(I)c2sc(Br)cc2n1Cc1cccc(Cl)c1. The number of carboxylic acid groups (broad SMARTS) is 1. The summed E-state index contributed by atoms with van der Waals surface area (Å²) >= 11 is 13.1. The van der Waals surface area contributed by atoms with Gasteiger partial charge in [-0.3, -0.25) is 0 Å². The van der Waals surface area contributed by atoms with Crippen molar-refractivity contribution in [2.24, 2.45) is 0 Å². The highest BCUT2D eigenvalue weighted by Gasteiger charge is 2.22. The third kappa shape index (κ3) is 2.86. The van der Waals surface area contributed by atoms with Gasteiger partial charge in [-0.25, -0.2) is 4.79 Å². The highest BCUT2D eigenvalue weighted by Crippen LogP contribution is 2.37. The van der Waals surface area contributed by atoms with Gasteiger partial charge in [-0.15, -0.1) is 11.3 Å². The molecule has 0 radical (unpaired) electrons. The zero-order valence-corrected chi connectivity index (χ0v) is 15.8. The first-order valence-corrected chi connectivity index (χ1v) is 8.98. The molecule has 2 heterocycles. The second-order valence-corrected chi connectivity index (χ2v) is 8.40. The van der Waals surface area contributed by atoms with Crippen molar-refractivity contribution >= 4 is 77.6 Å². The van der Waals surface area contributed by atoms with E-state index in [-0.39, 0.29) is 0 Å². The topological polar surface area (TPSA) is 42.2 Å². The molecule has 3 nitrogen and oxygen atoms in total. The Morgan fingerprint density at radius 3 is 2.86 bits per heavy atom. The molecule has 0 fully saturated rings. The smallest absolute Gasteiger partial charge is 0.353 e. The Kier molecular flexibility index (Phi) is 4.31. The maximum atomic E-state index is 11.6. The molecular weight excluding hydrogens is 488 g/mol. The van der Waals surface area contributed by atoms with Crippen molar-refractivity contribution in [3.8, 4) is 0 Å². The summed E-state index contributed by atoms with van der Waals surface area (Å²) in [6.45, 7) is 0.477. The second kappa shape index (κ2) is 5.91. The van der Waals surface area contributed by atoms with Crippen LogP contribution in [-0.2, 0) is 6.54 Å². The fraction of sp³-hybridized carbons (Fsp3) is 0.0714. The van der Waals surface area contributed by atoms with Crippen LogP contribution < -0.4 is 0 Å². The summed E-state index contributed by atoms with van der Waals surface area (Å²) in [5.41, 5.74) is 2.22. The molecule has 1 N–H and O–H groups in total. The fourth-order valence-electron chi connectivity index (χ4n) is 2.25. The van der Waals surface area contributed by atoms with Crippen molar-refractivity contribution in [3.63, 3.8) is 0 Å². The van der Waals surface area contributed by atoms with E-state index in [2.05, 4.69) is 38.5 Å². The number of carboxylic acids is 1. The summed E-state index contributed by atoms with van der Waals surface area (Å²) in [7, 11) is 0. The lowest BCUT2D eigenvalue weighted by atomic mass is 10.2. The molecule has 7 heteroatoms. The molecule has 0 amide bonds. The molecule has 0 unspecified atom stereocenters. The lowest BCUT2D eigenvalue weighted by Gasteiger charge is -2.08. The fourth-order valence-corrected chi connectivity index (χ4v) is 5.12. The standard InChI is InChI=1S/C14H8BrClINO2S/c15-10-5-9-13(21-10)11(17)12(14(19)20)18(9)6-7-2-1-3-8(16)4-7/h1-5H,6H2,(H,19,20). The highest BCUT2D eigenvalue weighted by molar-refractivity contribution is 14.1. The van der Waals surface area contributed by atoms with Crippen LogP contribution in [0, 0.1) is 3.57 Å². The molecule has 0 saturated heterocycles. The predicted octanol–water partition coefficient (Wildman–Crippen LogP) is 5.47. The zero-order valence-electron chi connectivity index (χ0n) is 10.4. The first-order chi connectivity index (χ1) is 9.97. The van der Waals surface area contributed by atoms with Gasteiger partial charge in [-0.05, 0) is 62.3 Å². The summed E-state index contributed by atoms with van der Waals surface area (Å²) in [5, 5.41) is 10.2. The summed E-state index contributed by atoms with van der Waals surface area (Å²) in [6, 6.07) is 9.43. The largest absolute Gasteiger partial charge is 0.477 e. The number of aromatic carboxylic acids is 1. The van der Waals surface area contributed by atoms with Crippen molar-refractivity contribution in [1.29, 1.82) is 0 Å². The number of hydrogen-bond donors (Lipinski definition) is 1. The van der Waals surface area contributed by atoms with Crippen LogP contribution in [0.15, 0.2) is 34.1 Å². The van der Waals surface area contributed by atoms with Crippen molar-refractivity contribution in [3.05, 3.63) is 54.0 Å². The minimum atomic E-state index is -0.916. The Balaban J connectivity index is 2.19. The highest BCUT2D eigenvalue weighted by atomic mass is 127. The van der Waals surface area contributed by atoms with Gasteiger partial charge in [0.15, 0.2) is 0 Å². The van der Waals surface area contributed by atoms with E-state index in [1.807, 2.05) is 28.8 Å². The summed E-state index contributed by atoms with van der Waals surface area (Å²) < 4.78 is 4.57. The average molecular weight is 497 g/mol. The summed E-state index contributed by atoms with van der Waals surface area (Å²) in [4.78, 5) is 11.6. The summed E-state index contributed by atoms with van der Waals surface area (Å²) in [6.07, 6.45) is 0. The molecule has 0 saturated carbocycles. The molecule has 0 aliphatic carbocycles. The van der Waals surface area contributed by atoms with Gasteiger partial charge in [-0.2, -0.15) is 0 Å². The van der Waals surface area contributed by atoms with Gasteiger partial charge in [0.25, 0.3) is 0 Å². The van der Waals surface area contributed by atoms with Crippen molar-refractivity contribution in [2.75, 3.05) is 0 Å². The van der Waals surface area contributed by atoms with Gasteiger partial charge in [0.1, 0.15) is 5.69 Å². The minimum Gasteiger partial charge on any atom is -0.477 e. The van der Waals surface area contributed by atoms with Crippen molar-refractivity contribution in [1.82, 2.24) is 4.57 Å². The first kappa shape index (κ1) is 15.3. The van der Waals surface area contributed by atoms with E-state index < -0.39 is 5.97 Å². The van der Waals surface area contributed by atoms with Gasteiger partial charge in [0, 0.05) is 11.6 Å². The number of thiophene rings is 1. The summed E-state index contributed by atoms with van der Waals surface area (Å²) in [5.74, 6) is -0.916. The van der Waals surface area contributed by atoms with Gasteiger partial charge >= 0.3 is 5.97 Å². The molecule has 0 aliphatic heterocycles. The molecule has 1 aromatic carbocycles. The number of rotatable bonds is 3. The van der Waals surface area contributed by atoms with Gasteiger partial charge < -0.3 is 9.67 Å². The van der Waals surface area contributed by atoms with Crippen LogP contribution in [-0.4, -0.2) is 15.6 Å². The first-order valence-electron chi connectivity index (χ1n) is 5.92. The normalized spacial score (nSPS) is 11.2. The van der Waals surface area contributed by atoms with E-state index in [9.17, 15) is 9.90 Å². The van der Waals surface area contributed by atoms with E-state index >= 15 is 0 Å². The molecule has 21 heavy (non-hydrogen) atoms. The molecule has 0 aliphatic rings. The molecule has 3 rings (SSSR count). The van der Waals surface area contributed by atoms with Crippen molar-refractivity contribution in [2.45, 2.75) is 6.54 Å². The molecular formula is C14H8BrClINO2S. The van der Waals surface area contributed by atoms with E-state index in [1.54, 1.807) is 17.4 Å². The van der Waals surface area contributed by atoms with E-state index in [0.29, 0.717) is 17.3 Å². The zero-order chi connectivity index (χ0) is 15.1. The number of hydrogen-bond acceptors (Lipinski definition) is 2. The molecule has 0 atom stereocenters. The Morgan fingerprint density at radius 1 is 1.43 bits per heavy atom. The third-order valence-corrected chi connectivity index (χ3v) is 6.38. The van der Waals surface area contributed by atoms with Gasteiger partial charge in [0.2, 0.25) is 0 Å². The van der Waals surface area contributed by atoms with E-state index in [4.69, 9.17) is 11.6 Å². The molecule has 108 valence electrons. The Hall–Kier alpha value is -0.570. The minimum absolute atomic E-state index is 0.323. The van der Waals surface area contributed by atoms with Crippen molar-refractivity contribution < 1.29 is 9.90 Å². The predicted molar refractivity (Wildman–Crippen MR) is 97.7 cm³/mol. The third-order valence-electron chi connectivity index (χ3n) is 3.08. The maximum Gasteiger partial charge on any atom is 0.353 e. The van der Waals surface area contributed by atoms with Crippen LogP contribution in [0.1, 0.15) is 16.1 Å². The number of fused-ring (bicyclic) bond motifs is 1. The maximum absolute atomic E-state index is 11.6. The van der Waals surface area contributed by atoms with Crippen LogP contribution in [0.3, 0.4) is 0 Å². The Morgan fingerprint density at radius 2 is 2.19 bits per heavy atom. The average Bonchev–Trinajstić information content (AvgIpc) is 2.88. The quantitative estimate of drug-likeness (QED) is 0.489. The van der Waals surface area contributed by atoms with Gasteiger partial charge in [-0.1, -0.05) is 23.7 Å². The number of halogens is 3. The Bertz CT molecular complexity index is 858. The van der Waals surface area contributed by atoms with E-state index in [1.165, 1.54) is 0 Å². The van der Waals surface area contributed by atoms with E-state index in [0.717, 1.165) is 23.1 Å².